The Labute approximate surface area is 284 Å². The third-order valence-corrected chi connectivity index (χ3v) is 14.2. The Morgan fingerprint density at radius 3 is 2.02 bits per heavy atom. The molecule has 4 aliphatic rings. The van der Waals surface area contributed by atoms with Crippen LogP contribution in [0.2, 0.25) is 0 Å². The summed E-state index contributed by atoms with van der Waals surface area (Å²) < 4.78 is 0. The third-order valence-electron chi connectivity index (χ3n) is 12.2. The van der Waals surface area contributed by atoms with E-state index in [1.165, 1.54) is 80.4 Å². The Bertz CT molecular complexity index is 1170. The molecule has 8 atom stereocenters. The van der Waals surface area contributed by atoms with Crippen molar-refractivity contribution < 1.29 is 0 Å². The minimum atomic E-state index is 0.504. The molecule has 0 N–H and O–H groups in total. The quantitative estimate of drug-likeness (QED) is 0.198. The van der Waals surface area contributed by atoms with Gasteiger partial charge in [-0.25, -0.2) is 0 Å². The fourth-order valence-electron chi connectivity index (χ4n) is 9.83. The summed E-state index contributed by atoms with van der Waals surface area (Å²) in [6, 6.07) is 16.3. The lowest BCUT2D eigenvalue weighted by Crippen LogP contribution is -2.50. The van der Waals surface area contributed by atoms with Gasteiger partial charge in [0, 0.05) is 24.8 Å². The lowest BCUT2D eigenvalue weighted by Gasteiger charge is -2.58. The first-order valence-electron chi connectivity index (χ1n) is 17.1. The number of thiol groups is 3. The van der Waals surface area contributed by atoms with Gasteiger partial charge in [-0.1, -0.05) is 77.3 Å². The summed E-state index contributed by atoms with van der Waals surface area (Å²) in [5, 5.41) is 0.618. The van der Waals surface area contributed by atoms with E-state index in [1.54, 1.807) is 17.3 Å². The summed E-state index contributed by atoms with van der Waals surface area (Å²) in [6.07, 6.45) is 18.4. The number of benzene rings is 2. The number of rotatable bonds is 7. The van der Waals surface area contributed by atoms with Gasteiger partial charge in [0.2, 0.25) is 0 Å². The van der Waals surface area contributed by atoms with E-state index in [1.807, 2.05) is 24.3 Å². The van der Waals surface area contributed by atoms with E-state index >= 15 is 0 Å². The van der Waals surface area contributed by atoms with Crippen LogP contribution in [0.4, 0.5) is 0 Å². The maximum atomic E-state index is 4.84. The molecule has 4 heteroatoms. The van der Waals surface area contributed by atoms with Crippen molar-refractivity contribution in [1.29, 1.82) is 0 Å². The highest BCUT2D eigenvalue weighted by atomic mass is 32.2. The van der Waals surface area contributed by atoms with Gasteiger partial charge in [-0.15, -0.1) is 25.3 Å². The average molecular weight is 653 g/mol. The molecule has 0 spiro atoms. The first-order valence-corrected chi connectivity index (χ1v) is 19.4. The van der Waals surface area contributed by atoms with Crippen LogP contribution in [0.15, 0.2) is 79.8 Å². The molecule has 0 saturated heterocycles. The maximum Gasteiger partial charge on any atom is 0.0123 e. The predicted octanol–water partition coefficient (Wildman–Crippen LogP) is 12.7. The van der Waals surface area contributed by atoms with Crippen molar-refractivity contribution >= 4 is 49.6 Å². The molecule has 0 heterocycles. The van der Waals surface area contributed by atoms with Crippen molar-refractivity contribution in [3.8, 4) is 0 Å². The minimum absolute atomic E-state index is 0.504. The summed E-state index contributed by atoms with van der Waals surface area (Å²) in [7, 11) is 0. The van der Waals surface area contributed by atoms with E-state index in [9.17, 15) is 0 Å². The minimum Gasteiger partial charge on any atom is -0.176 e. The summed E-state index contributed by atoms with van der Waals surface area (Å²) >= 11 is 15.1. The molecule has 0 unspecified atom stereocenters. The van der Waals surface area contributed by atoms with Crippen LogP contribution < -0.4 is 0 Å². The molecule has 2 aromatic rings. The molecule has 0 amide bonds. The Kier molecular flexibility index (Phi) is 11.5. The lowest BCUT2D eigenvalue weighted by molar-refractivity contribution is -0.0497. The molecule has 0 nitrogen and oxygen atoms in total. The smallest absolute Gasteiger partial charge is 0.0123 e. The zero-order chi connectivity index (χ0) is 30.8. The molecule has 3 saturated carbocycles. The molecule has 236 valence electrons. The van der Waals surface area contributed by atoms with E-state index in [0.29, 0.717) is 16.1 Å². The number of allylic oxidation sites excluding steroid dienone is 2. The van der Waals surface area contributed by atoms with Crippen molar-refractivity contribution in [3.63, 3.8) is 0 Å². The maximum absolute atomic E-state index is 4.84. The van der Waals surface area contributed by atoms with Gasteiger partial charge in [0.15, 0.2) is 0 Å². The third kappa shape index (κ3) is 7.77. The van der Waals surface area contributed by atoms with Gasteiger partial charge in [-0.05, 0) is 146 Å². The molecular formula is C39H56S4. The van der Waals surface area contributed by atoms with Crippen LogP contribution in [0, 0.1) is 46.3 Å². The van der Waals surface area contributed by atoms with E-state index in [0.717, 1.165) is 45.3 Å². The molecule has 43 heavy (non-hydrogen) atoms. The molecule has 0 aromatic heterocycles. The normalized spacial score (nSPS) is 33.9. The fraction of sp³-hybridized carbons (Fsp3) is 0.641. The number of fused-ring (bicyclic) bond motifs is 5. The lowest BCUT2D eigenvalue weighted by atomic mass is 9.47. The van der Waals surface area contributed by atoms with Gasteiger partial charge in [0.1, 0.15) is 0 Å². The van der Waals surface area contributed by atoms with Gasteiger partial charge in [0.05, 0.1) is 0 Å². The van der Waals surface area contributed by atoms with Gasteiger partial charge in [0.25, 0.3) is 0 Å². The fourth-order valence-corrected chi connectivity index (χ4v) is 11.3. The second kappa shape index (κ2) is 14.6. The van der Waals surface area contributed by atoms with Crippen LogP contribution in [-0.2, 0) is 0 Å². The van der Waals surface area contributed by atoms with Crippen LogP contribution >= 0.6 is 49.6 Å². The Morgan fingerprint density at radius 2 is 1.42 bits per heavy atom. The monoisotopic (exact) mass is 652 g/mol. The molecule has 0 radical (unpaired) electrons. The Morgan fingerprint density at radius 1 is 0.791 bits per heavy atom. The highest BCUT2D eigenvalue weighted by Crippen LogP contribution is 2.67. The van der Waals surface area contributed by atoms with E-state index in [-0.39, 0.29) is 0 Å². The highest BCUT2D eigenvalue weighted by molar-refractivity contribution is 7.99. The average Bonchev–Trinajstić information content (AvgIpc) is 3.33. The summed E-state index contributed by atoms with van der Waals surface area (Å²) in [5.74, 6) is 5.70. The zero-order valence-corrected chi connectivity index (χ0v) is 30.8. The van der Waals surface area contributed by atoms with Crippen LogP contribution in [0.25, 0.3) is 0 Å². The van der Waals surface area contributed by atoms with Crippen LogP contribution in [0.3, 0.4) is 0 Å². The number of hydrogen-bond acceptors (Lipinski definition) is 4. The molecule has 6 rings (SSSR count). The first kappa shape index (κ1) is 33.9. The summed E-state index contributed by atoms with van der Waals surface area (Å²) in [5.41, 5.74) is 2.92. The summed E-state index contributed by atoms with van der Waals surface area (Å²) in [4.78, 5) is 4.43. The van der Waals surface area contributed by atoms with Crippen LogP contribution in [-0.4, -0.2) is 5.25 Å². The largest absolute Gasteiger partial charge is 0.176 e. The van der Waals surface area contributed by atoms with Crippen molar-refractivity contribution in [2.45, 2.75) is 130 Å². The SMILES string of the molecule is CC(C)CCC[C@@H](C)[C@H]1CC[C@H]2[C@@H]3CC=C4C[C@@H](S)CC[C@]4(C)[C@H]3CC[C@]12C.Sc1ccc(Sc2ccc(S)cc2)cc1. The molecule has 3 fully saturated rings. The van der Waals surface area contributed by atoms with Crippen LogP contribution in [0.5, 0.6) is 0 Å². The second-order valence-corrected chi connectivity index (χ2v) is 18.2. The topological polar surface area (TPSA) is 0 Å². The molecule has 2 aromatic carbocycles. The Hall–Kier alpha value is -0.420. The van der Waals surface area contributed by atoms with E-state index in [2.05, 4.69) is 90.2 Å². The molecule has 0 aliphatic heterocycles. The van der Waals surface area contributed by atoms with Crippen molar-refractivity contribution in [1.82, 2.24) is 0 Å². The second-order valence-electron chi connectivity index (χ2n) is 15.3. The van der Waals surface area contributed by atoms with Crippen molar-refractivity contribution in [2.75, 3.05) is 0 Å². The van der Waals surface area contributed by atoms with Gasteiger partial charge in [-0.2, -0.15) is 12.6 Å². The van der Waals surface area contributed by atoms with Crippen molar-refractivity contribution in [3.05, 3.63) is 60.2 Å². The standard InChI is InChI=1S/C27H46S.C12H10S3/c1-18(2)7-6-8-19(3)23-11-12-24-22-10-9-20-17-21(28)13-15-26(20,4)25(22)14-16-27(23,24)5;13-9-1-5-11(6-2-9)15-12-7-3-10(14)4-8-12/h9,18-19,21-25,28H,6-8,10-17H2,1-5H3;1-8,13-14H/t19-,21+,22+,23-,24+,25+,26+,27-;/m1./s1. The van der Waals surface area contributed by atoms with Crippen LogP contribution in [0.1, 0.15) is 105 Å². The molecule has 0 bridgehead atoms. The molecule has 4 aliphatic carbocycles. The zero-order valence-electron chi connectivity index (χ0n) is 27.3. The van der Waals surface area contributed by atoms with Crippen molar-refractivity contribution in [2.24, 2.45) is 46.3 Å². The predicted molar refractivity (Wildman–Crippen MR) is 197 cm³/mol. The van der Waals surface area contributed by atoms with E-state index in [4.69, 9.17) is 12.6 Å². The molecular weight excluding hydrogens is 597 g/mol. The number of hydrogen-bond donors (Lipinski definition) is 3. The first-order chi connectivity index (χ1) is 20.5. The van der Waals surface area contributed by atoms with E-state index < -0.39 is 0 Å². The van der Waals surface area contributed by atoms with Gasteiger partial charge < -0.3 is 0 Å². The summed E-state index contributed by atoms with van der Waals surface area (Å²) in [6.45, 7) is 12.7. The highest BCUT2D eigenvalue weighted by Gasteiger charge is 2.58. The Balaban J connectivity index is 0.000000207. The van der Waals surface area contributed by atoms with Gasteiger partial charge >= 0.3 is 0 Å². The van der Waals surface area contributed by atoms with Gasteiger partial charge in [-0.3, -0.25) is 0 Å².